The zero-order chi connectivity index (χ0) is 17.8. The fourth-order valence-corrected chi connectivity index (χ4v) is 2.34. The Labute approximate surface area is 144 Å². The molecule has 0 radical (unpaired) electrons. The monoisotopic (exact) mass is 333 g/mol. The Bertz CT molecular complexity index is 952. The highest BCUT2D eigenvalue weighted by molar-refractivity contribution is 6.07. The van der Waals surface area contributed by atoms with Crippen molar-refractivity contribution < 1.29 is 14.1 Å². The van der Waals surface area contributed by atoms with Gasteiger partial charge in [-0.2, -0.15) is 0 Å². The summed E-state index contributed by atoms with van der Waals surface area (Å²) in [6.45, 7) is 2.01. The summed E-state index contributed by atoms with van der Waals surface area (Å²) in [5.41, 5.74) is 2.27. The maximum absolute atomic E-state index is 12.2. The lowest BCUT2D eigenvalue weighted by molar-refractivity contribution is -0.384. The van der Waals surface area contributed by atoms with Crippen LogP contribution in [0.25, 0.3) is 17.4 Å². The second kappa shape index (κ2) is 6.97. The molecule has 0 atom stereocenters. The molecule has 0 spiro atoms. The van der Waals surface area contributed by atoms with Crippen LogP contribution in [0.2, 0.25) is 0 Å². The summed E-state index contributed by atoms with van der Waals surface area (Å²) in [7, 11) is 0. The van der Waals surface area contributed by atoms with Crippen molar-refractivity contribution in [3.8, 4) is 11.3 Å². The van der Waals surface area contributed by atoms with Crippen LogP contribution in [0.5, 0.6) is 0 Å². The number of carbonyl (C=O) groups is 1. The number of non-ortho nitro benzene ring substituents is 1. The molecule has 3 aromatic rings. The van der Waals surface area contributed by atoms with Gasteiger partial charge in [0.15, 0.2) is 5.78 Å². The van der Waals surface area contributed by atoms with Gasteiger partial charge in [0.2, 0.25) is 0 Å². The first-order chi connectivity index (χ1) is 12.0. The molecule has 25 heavy (non-hydrogen) atoms. The molecule has 1 aromatic heterocycles. The Kier molecular flexibility index (Phi) is 4.57. The van der Waals surface area contributed by atoms with Gasteiger partial charge in [-0.25, -0.2) is 0 Å². The van der Waals surface area contributed by atoms with Crippen molar-refractivity contribution in [2.24, 2.45) is 0 Å². The van der Waals surface area contributed by atoms with Crippen LogP contribution in [0.3, 0.4) is 0 Å². The average Bonchev–Trinajstić information content (AvgIpc) is 3.09. The fourth-order valence-electron chi connectivity index (χ4n) is 2.34. The molecule has 0 unspecified atom stereocenters. The third-order valence-electron chi connectivity index (χ3n) is 3.70. The number of aryl methyl sites for hydroxylation is 1. The van der Waals surface area contributed by atoms with E-state index in [4.69, 9.17) is 4.42 Å². The summed E-state index contributed by atoms with van der Waals surface area (Å²) in [6, 6.07) is 17.2. The minimum Gasteiger partial charge on any atom is -0.457 e. The van der Waals surface area contributed by atoms with Gasteiger partial charge in [0.25, 0.3) is 5.69 Å². The van der Waals surface area contributed by atoms with Gasteiger partial charge in [0.05, 0.1) is 4.92 Å². The molecule has 5 nitrogen and oxygen atoms in total. The smallest absolute Gasteiger partial charge is 0.270 e. The Morgan fingerprint density at radius 3 is 2.56 bits per heavy atom. The largest absolute Gasteiger partial charge is 0.457 e. The lowest BCUT2D eigenvalue weighted by atomic mass is 10.1. The SMILES string of the molecule is Cc1ccc(-c2ccc(/C=C/C(=O)c3cccc([N+](=O)[O-])c3)o2)cc1. The third kappa shape index (κ3) is 3.90. The van der Waals surface area contributed by atoms with Gasteiger partial charge in [-0.05, 0) is 31.2 Å². The van der Waals surface area contributed by atoms with E-state index < -0.39 is 4.92 Å². The van der Waals surface area contributed by atoms with Crippen LogP contribution in [0.4, 0.5) is 5.69 Å². The van der Waals surface area contributed by atoms with Crippen LogP contribution in [0.1, 0.15) is 21.7 Å². The van der Waals surface area contributed by atoms with Gasteiger partial charge < -0.3 is 4.42 Å². The molecule has 2 aromatic carbocycles. The highest BCUT2D eigenvalue weighted by Crippen LogP contribution is 2.23. The first-order valence-electron chi connectivity index (χ1n) is 7.67. The number of ketones is 1. The molecule has 0 saturated carbocycles. The van der Waals surface area contributed by atoms with Crippen molar-refractivity contribution in [3.05, 3.63) is 93.7 Å². The summed E-state index contributed by atoms with van der Waals surface area (Å²) >= 11 is 0. The topological polar surface area (TPSA) is 73.3 Å². The molecular weight excluding hydrogens is 318 g/mol. The molecule has 0 aliphatic rings. The second-order valence-electron chi connectivity index (χ2n) is 5.57. The maximum atomic E-state index is 12.2. The summed E-state index contributed by atoms with van der Waals surface area (Å²) in [6.07, 6.45) is 2.90. The Balaban J connectivity index is 1.76. The van der Waals surface area contributed by atoms with E-state index in [-0.39, 0.29) is 17.0 Å². The standard InChI is InChI=1S/C20H15NO4/c1-14-5-7-15(8-6-14)20-12-10-18(25-20)9-11-19(22)16-3-2-4-17(13-16)21(23)24/h2-13H,1H3/b11-9+. The Hall–Kier alpha value is -3.47. The van der Waals surface area contributed by atoms with Crippen LogP contribution in [0, 0.1) is 17.0 Å². The number of furan rings is 1. The van der Waals surface area contributed by atoms with Gasteiger partial charge in [0.1, 0.15) is 11.5 Å². The molecule has 5 heteroatoms. The number of nitrogens with zero attached hydrogens (tertiary/aromatic N) is 1. The number of allylic oxidation sites excluding steroid dienone is 1. The third-order valence-corrected chi connectivity index (χ3v) is 3.70. The Morgan fingerprint density at radius 2 is 1.84 bits per heavy atom. The number of carbonyl (C=O) groups excluding carboxylic acids is 1. The van der Waals surface area contributed by atoms with Gasteiger partial charge in [-0.3, -0.25) is 14.9 Å². The first-order valence-corrected chi connectivity index (χ1v) is 7.67. The average molecular weight is 333 g/mol. The Morgan fingerprint density at radius 1 is 1.08 bits per heavy atom. The van der Waals surface area contributed by atoms with E-state index in [0.717, 1.165) is 11.1 Å². The number of nitro groups is 1. The van der Waals surface area contributed by atoms with E-state index in [9.17, 15) is 14.9 Å². The minimum absolute atomic E-state index is 0.112. The summed E-state index contributed by atoms with van der Waals surface area (Å²) < 4.78 is 5.71. The van der Waals surface area contributed by atoms with Crippen molar-refractivity contribution >= 4 is 17.5 Å². The fraction of sp³-hybridized carbons (Fsp3) is 0.0500. The van der Waals surface area contributed by atoms with E-state index in [2.05, 4.69) is 0 Å². The van der Waals surface area contributed by atoms with Gasteiger partial charge >= 0.3 is 0 Å². The molecule has 0 fully saturated rings. The lowest BCUT2D eigenvalue weighted by Gasteiger charge is -1.97. The molecule has 0 amide bonds. The molecule has 0 aliphatic carbocycles. The van der Waals surface area contributed by atoms with E-state index in [1.54, 1.807) is 18.2 Å². The molecule has 0 bridgehead atoms. The van der Waals surface area contributed by atoms with Crippen LogP contribution in [-0.4, -0.2) is 10.7 Å². The van der Waals surface area contributed by atoms with Gasteiger partial charge in [-0.15, -0.1) is 0 Å². The quantitative estimate of drug-likeness (QED) is 0.283. The van der Waals surface area contributed by atoms with Crippen molar-refractivity contribution in [2.45, 2.75) is 6.92 Å². The number of hydrogen-bond acceptors (Lipinski definition) is 4. The van der Waals surface area contributed by atoms with E-state index in [0.29, 0.717) is 11.5 Å². The predicted octanol–water partition coefficient (Wildman–Crippen LogP) is 5.06. The normalized spacial score (nSPS) is 10.9. The molecule has 1 heterocycles. The lowest BCUT2D eigenvalue weighted by Crippen LogP contribution is -1.96. The first kappa shape index (κ1) is 16.4. The van der Waals surface area contributed by atoms with Crippen molar-refractivity contribution in [1.82, 2.24) is 0 Å². The van der Waals surface area contributed by atoms with Gasteiger partial charge in [-0.1, -0.05) is 42.0 Å². The van der Waals surface area contributed by atoms with Gasteiger partial charge in [0, 0.05) is 23.3 Å². The molecule has 3 rings (SSSR count). The van der Waals surface area contributed by atoms with Crippen LogP contribution < -0.4 is 0 Å². The van der Waals surface area contributed by atoms with E-state index >= 15 is 0 Å². The zero-order valence-corrected chi connectivity index (χ0v) is 13.5. The molecule has 124 valence electrons. The minimum atomic E-state index is -0.527. The van der Waals surface area contributed by atoms with Crippen molar-refractivity contribution in [2.75, 3.05) is 0 Å². The number of rotatable bonds is 5. The number of benzene rings is 2. The maximum Gasteiger partial charge on any atom is 0.270 e. The number of hydrogen-bond donors (Lipinski definition) is 0. The number of nitro benzene ring substituents is 1. The second-order valence-corrected chi connectivity index (χ2v) is 5.57. The van der Waals surface area contributed by atoms with E-state index in [1.807, 2.05) is 37.3 Å². The summed E-state index contributed by atoms with van der Waals surface area (Å²) in [5, 5.41) is 10.8. The van der Waals surface area contributed by atoms with Crippen LogP contribution in [-0.2, 0) is 0 Å². The molecule has 0 aliphatic heterocycles. The predicted molar refractivity (Wildman–Crippen MR) is 95.3 cm³/mol. The molecule has 0 N–H and O–H groups in total. The highest BCUT2D eigenvalue weighted by Gasteiger charge is 2.09. The van der Waals surface area contributed by atoms with E-state index in [1.165, 1.54) is 24.3 Å². The zero-order valence-electron chi connectivity index (χ0n) is 13.5. The van der Waals surface area contributed by atoms with Crippen LogP contribution in [0.15, 0.2) is 71.2 Å². The molecular formula is C20H15NO4. The summed E-state index contributed by atoms with van der Waals surface area (Å²) in [5.74, 6) is 0.925. The summed E-state index contributed by atoms with van der Waals surface area (Å²) in [4.78, 5) is 22.4. The van der Waals surface area contributed by atoms with Crippen LogP contribution >= 0.6 is 0 Å². The van der Waals surface area contributed by atoms with Crippen molar-refractivity contribution in [1.29, 1.82) is 0 Å². The molecule has 0 saturated heterocycles. The van der Waals surface area contributed by atoms with Crippen molar-refractivity contribution in [3.63, 3.8) is 0 Å². The highest BCUT2D eigenvalue weighted by atomic mass is 16.6.